The van der Waals surface area contributed by atoms with Crippen molar-refractivity contribution in [3.05, 3.63) is 0 Å². The van der Waals surface area contributed by atoms with Gasteiger partial charge in [0.2, 0.25) is 0 Å². The highest BCUT2D eigenvalue weighted by Gasteiger charge is 2.13. The van der Waals surface area contributed by atoms with Crippen molar-refractivity contribution >= 4 is 12.3 Å². The van der Waals surface area contributed by atoms with Crippen LogP contribution in [0.5, 0.6) is 0 Å². The number of carbonyl (C=O) groups excluding carboxylic acids is 1. The van der Waals surface area contributed by atoms with Crippen LogP contribution in [0.15, 0.2) is 0 Å². The summed E-state index contributed by atoms with van der Waals surface area (Å²) in [6.45, 7) is 3.27. The number of hydrogen-bond donors (Lipinski definition) is 2. The van der Waals surface area contributed by atoms with Gasteiger partial charge in [-0.3, -0.25) is 0 Å². The first-order chi connectivity index (χ1) is 6.81. The minimum atomic E-state index is -1.73. The summed E-state index contributed by atoms with van der Waals surface area (Å²) in [5.41, 5.74) is -0.829. The molecule has 0 radical (unpaired) electrons. The van der Waals surface area contributed by atoms with Gasteiger partial charge in [0.15, 0.2) is 0 Å². The molecule has 0 amide bonds. The first-order valence-electron chi connectivity index (χ1n) is 4.28. The van der Waals surface area contributed by atoms with Gasteiger partial charge in [-0.05, 0) is 26.7 Å². The Morgan fingerprint density at radius 1 is 1.27 bits per heavy atom. The molecule has 0 aliphatic heterocycles. The van der Waals surface area contributed by atoms with Gasteiger partial charge in [-0.15, -0.1) is 0 Å². The summed E-state index contributed by atoms with van der Waals surface area (Å²) in [6.07, 6.45) is -2.08. The molecule has 0 heterocycles. The molecule has 0 unspecified atom stereocenters. The van der Waals surface area contributed by atoms with E-state index in [-0.39, 0.29) is 6.61 Å². The van der Waals surface area contributed by atoms with Crippen molar-refractivity contribution in [2.75, 3.05) is 6.61 Å². The minimum absolute atomic E-state index is 0.0196. The maximum atomic E-state index is 10.6. The maximum absolute atomic E-state index is 10.6. The molecule has 0 saturated carbocycles. The van der Waals surface area contributed by atoms with Gasteiger partial charge < -0.3 is 14.9 Å². The van der Waals surface area contributed by atoms with Crippen molar-refractivity contribution in [3.63, 3.8) is 0 Å². The van der Waals surface area contributed by atoms with E-state index in [2.05, 4.69) is 14.5 Å². The zero-order valence-corrected chi connectivity index (χ0v) is 8.56. The summed E-state index contributed by atoms with van der Waals surface area (Å²) in [6, 6.07) is 0. The Balaban J connectivity index is 3.44. The molecule has 0 aromatic carbocycles. The zero-order chi connectivity index (χ0) is 11.9. The Morgan fingerprint density at radius 2 is 1.87 bits per heavy atom. The molecular formula is C8H14O7. The molecule has 2 N–H and O–H groups in total. The monoisotopic (exact) mass is 222 g/mol. The third-order valence-electron chi connectivity index (χ3n) is 1.33. The van der Waals surface area contributed by atoms with E-state index in [1.54, 1.807) is 13.8 Å². The Labute approximate surface area is 86.5 Å². The van der Waals surface area contributed by atoms with Gasteiger partial charge in [0, 0.05) is 0 Å². The molecule has 0 aliphatic rings. The lowest BCUT2D eigenvalue weighted by Crippen LogP contribution is -2.19. The molecule has 7 heteroatoms. The van der Waals surface area contributed by atoms with Gasteiger partial charge >= 0.3 is 12.3 Å². The second-order valence-corrected chi connectivity index (χ2v) is 3.45. The number of carboxylic acid groups (broad SMARTS) is 1. The van der Waals surface area contributed by atoms with Gasteiger partial charge in [0.25, 0.3) is 0 Å². The highest BCUT2D eigenvalue weighted by molar-refractivity contribution is 5.62. The van der Waals surface area contributed by atoms with Crippen LogP contribution in [0.3, 0.4) is 0 Å². The Bertz CT molecular complexity index is 218. The van der Waals surface area contributed by atoms with Gasteiger partial charge in [-0.1, -0.05) is 0 Å². The normalized spacial score (nSPS) is 10.6. The zero-order valence-electron chi connectivity index (χ0n) is 8.56. The van der Waals surface area contributed by atoms with E-state index in [0.29, 0.717) is 12.8 Å². The first kappa shape index (κ1) is 13.5. The van der Waals surface area contributed by atoms with Crippen LogP contribution in [0.25, 0.3) is 0 Å². The fourth-order valence-corrected chi connectivity index (χ4v) is 0.754. The Kier molecular flexibility index (Phi) is 5.46. The fourth-order valence-electron chi connectivity index (χ4n) is 0.754. The molecule has 0 aromatic rings. The van der Waals surface area contributed by atoms with Gasteiger partial charge in [-0.2, -0.15) is 9.68 Å². The predicted octanol–water partition coefficient (Wildman–Crippen LogP) is 1.30. The molecule has 0 fully saturated rings. The van der Waals surface area contributed by atoms with Crippen molar-refractivity contribution in [3.8, 4) is 0 Å². The topological polar surface area (TPSA) is 102 Å². The van der Waals surface area contributed by atoms with E-state index in [1.807, 2.05) is 0 Å². The molecule has 0 aromatic heterocycles. The van der Waals surface area contributed by atoms with Gasteiger partial charge in [-0.25, -0.2) is 9.68 Å². The quantitative estimate of drug-likeness (QED) is 0.320. The molecule has 88 valence electrons. The Hall–Kier alpha value is -1.50. The summed E-state index contributed by atoms with van der Waals surface area (Å²) < 4.78 is 4.43. The minimum Gasteiger partial charge on any atom is -0.447 e. The van der Waals surface area contributed by atoms with Crippen LogP contribution in [-0.2, 0) is 14.5 Å². The first-order valence-corrected chi connectivity index (χ1v) is 4.28. The number of carbonyl (C=O) groups is 2. The summed E-state index contributed by atoms with van der Waals surface area (Å²) >= 11 is 0. The second-order valence-electron chi connectivity index (χ2n) is 3.45. The number of rotatable bonds is 4. The van der Waals surface area contributed by atoms with Crippen molar-refractivity contribution in [1.29, 1.82) is 0 Å². The van der Waals surface area contributed by atoms with E-state index < -0.39 is 17.9 Å². The highest BCUT2D eigenvalue weighted by atomic mass is 17.3. The molecule has 0 saturated heterocycles. The maximum Gasteiger partial charge on any atom is 0.549 e. The second kappa shape index (κ2) is 6.07. The van der Waals surface area contributed by atoms with Crippen LogP contribution in [0, 0.1) is 0 Å². The molecule has 0 rings (SSSR count). The Morgan fingerprint density at radius 3 is 2.33 bits per heavy atom. The van der Waals surface area contributed by atoms with E-state index in [9.17, 15) is 14.7 Å². The third-order valence-corrected chi connectivity index (χ3v) is 1.33. The average Bonchev–Trinajstić information content (AvgIpc) is 2.07. The lowest BCUT2D eigenvalue weighted by molar-refractivity contribution is -0.213. The van der Waals surface area contributed by atoms with Crippen LogP contribution in [-0.4, -0.2) is 34.7 Å². The van der Waals surface area contributed by atoms with Crippen LogP contribution in [0.4, 0.5) is 9.59 Å². The lowest BCUT2D eigenvalue weighted by atomic mass is 10.0. The summed E-state index contributed by atoms with van der Waals surface area (Å²) in [5.74, 6) is 0. The van der Waals surface area contributed by atoms with Crippen LogP contribution >= 0.6 is 0 Å². The van der Waals surface area contributed by atoms with Gasteiger partial charge in [0.05, 0.1) is 12.2 Å². The molecule has 0 atom stereocenters. The van der Waals surface area contributed by atoms with Crippen LogP contribution < -0.4 is 0 Å². The van der Waals surface area contributed by atoms with E-state index in [1.165, 1.54) is 0 Å². The molecule has 15 heavy (non-hydrogen) atoms. The highest BCUT2D eigenvalue weighted by Crippen LogP contribution is 2.09. The molecule has 0 aliphatic carbocycles. The third kappa shape index (κ3) is 10.4. The van der Waals surface area contributed by atoms with Crippen LogP contribution in [0.1, 0.15) is 26.7 Å². The predicted molar refractivity (Wildman–Crippen MR) is 47.1 cm³/mol. The largest absolute Gasteiger partial charge is 0.549 e. The molecule has 7 nitrogen and oxygen atoms in total. The summed E-state index contributed by atoms with van der Waals surface area (Å²) in [5, 5.41) is 17.2. The van der Waals surface area contributed by atoms with Crippen molar-refractivity contribution in [2.45, 2.75) is 32.3 Å². The van der Waals surface area contributed by atoms with Crippen molar-refractivity contribution < 1.29 is 34.3 Å². The van der Waals surface area contributed by atoms with Crippen molar-refractivity contribution in [2.24, 2.45) is 0 Å². The van der Waals surface area contributed by atoms with E-state index >= 15 is 0 Å². The number of aliphatic hydroxyl groups is 1. The average molecular weight is 222 g/mol. The SMILES string of the molecule is CC(C)(O)CCCOC(=O)OOC(=O)O. The smallest absolute Gasteiger partial charge is 0.447 e. The number of ether oxygens (including phenoxy) is 1. The van der Waals surface area contributed by atoms with E-state index in [0.717, 1.165) is 0 Å². The molecule has 0 bridgehead atoms. The van der Waals surface area contributed by atoms with Gasteiger partial charge in [0.1, 0.15) is 0 Å². The summed E-state index contributed by atoms with van der Waals surface area (Å²) in [7, 11) is 0. The van der Waals surface area contributed by atoms with Crippen molar-refractivity contribution in [1.82, 2.24) is 0 Å². The summed E-state index contributed by atoms with van der Waals surface area (Å²) in [4.78, 5) is 27.6. The number of hydrogen-bond acceptors (Lipinski definition) is 6. The van der Waals surface area contributed by atoms with Crippen LogP contribution in [0.2, 0.25) is 0 Å². The molecule has 0 spiro atoms. The molecular weight excluding hydrogens is 208 g/mol. The lowest BCUT2D eigenvalue weighted by Gasteiger charge is -2.15. The van der Waals surface area contributed by atoms with E-state index in [4.69, 9.17) is 5.11 Å². The standard InChI is InChI=1S/C8H14O7/c1-8(2,12)4-3-5-13-7(11)15-14-6(9)10/h12H,3-5H2,1-2H3,(H,9,10). The fraction of sp³-hybridized carbons (Fsp3) is 0.750.